The summed E-state index contributed by atoms with van der Waals surface area (Å²) < 4.78 is 12.0. The Kier molecular flexibility index (Phi) is 4.98. The third kappa shape index (κ3) is 2.72. The second kappa shape index (κ2) is 6.27. The molecule has 0 saturated carbocycles. The van der Waals surface area contributed by atoms with E-state index in [9.17, 15) is 4.79 Å². The van der Waals surface area contributed by atoms with Crippen LogP contribution in [0.1, 0.15) is 19.4 Å². The van der Waals surface area contributed by atoms with Crippen molar-refractivity contribution < 1.29 is 9.47 Å². The molecule has 0 fully saturated rings. The highest BCUT2D eigenvalue weighted by molar-refractivity contribution is 5.87. The van der Waals surface area contributed by atoms with Crippen molar-refractivity contribution in [2.24, 2.45) is 7.05 Å². The fourth-order valence-corrected chi connectivity index (χ4v) is 1.99. The van der Waals surface area contributed by atoms with Crippen molar-refractivity contribution in [1.82, 2.24) is 4.57 Å². The lowest BCUT2D eigenvalue weighted by molar-refractivity contribution is 0.356. The molecule has 0 spiro atoms. The first-order valence-electron chi connectivity index (χ1n) is 6.30. The van der Waals surface area contributed by atoms with Gasteiger partial charge in [0.15, 0.2) is 11.5 Å². The summed E-state index contributed by atoms with van der Waals surface area (Å²) in [5.41, 5.74) is 0.995. The SMILES string of the molecule is CC.COc1cc2c(C)cn(C)c(=O)c2cc1OC. The predicted octanol–water partition coefficient (Wildman–Crippen LogP) is 2.89. The lowest BCUT2D eigenvalue weighted by atomic mass is 10.1. The van der Waals surface area contributed by atoms with Crippen LogP contribution in [0.15, 0.2) is 23.1 Å². The van der Waals surface area contributed by atoms with E-state index in [1.54, 1.807) is 31.9 Å². The highest BCUT2D eigenvalue weighted by Gasteiger charge is 2.10. The molecular weight excluding hydrogens is 242 g/mol. The molecule has 0 N–H and O–H groups in total. The summed E-state index contributed by atoms with van der Waals surface area (Å²) in [6.07, 6.45) is 1.82. The zero-order valence-electron chi connectivity index (χ0n) is 12.4. The van der Waals surface area contributed by atoms with E-state index in [-0.39, 0.29) is 5.56 Å². The molecule has 0 saturated heterocycles. The van der Waals surface area contributed by atoms with Crippen molar-refractivity contribution in [1.29, 1.82) is 0 Å². The normalized spacial score (nSPS) is 9.79. The van der Waals surface area contributed by atoms with Crippen LogP contribution in [0.4, 0.5) is 0 Å². The van der Waals surface area contributed by atoms with E-state index >= 15 is 0 Å². The minimum Gasteiger partial charge on any atom is -0.493 e. The number of fused-ring (bicyclic) bond motifs is 1. The minimum absolute atomic E-state index is 0.0356. The largest absolute Gasteiger partial charge is 0.493 e. The van der Waals surface area contributed by atoms with Crippen LogP contribution in [-0.2, 0) is 7.05 Å². The van der Waals surface area contributed by atoms with E-state index in [0.717, 1.165) is 10.9 Å². The standard InChI is InChI=1S/C13H15NO3.C2H6/c1-8-7-14(2)13(15)10-6-12(17-4)11(16-3)5-9(8)10;1-2/h5-7H,1-4H3;1-2H3. The van der Waals surface area contributed by atoms with Gasteiger partial charge >= 0.3 is 0 Å². The van der Waals surface area contributed by atoms with E-state index in [2.05, 4.69) is 0 Å². The zero-order valence-corrected chi connectivity index (χ0v) is 12.4. The van der Waals surface area contributed by atoms with Gasteiger partial charge in [0, 0.05) is 13.2 Å². The van der Waals surface area contributed by atoms with Gasteiger partial charge in [0.05, 0.1) is 19.6 Å². The number of hydrogen-bond acceptors (Lipinski definition) is 3. The fourth-order valence-electron chi connectivity index (χ4n) is 1.99. The van der Waals surface area contributed by atoms with Gasteiger partial charge in [-0.25, -0.2) is 0 Å². The van der Waals surface area contributed by atoms with E-state index in [0.29, 0.717) is 16.9 Å². The third-order valence-corrected chi connectivity index (χ3v) is 2.89. The number of rotatable bonds is 2. The Morgan fingerprint density at radius 1 is 1.00 bits per heavy atom. The summed E-state index contributed by atoms with van der Waals surface area (Å²) >= 11 is 0. The van der Waals surface area contributed by atoms with Crippen LogP contribution in [-0.4, -0.2) is 18.8 Å². The number of pyridine rings is 1. The molecule has 4 nitrogen and oxygen atoms in total. The summed E-state index contributed by atoms with van der Waals surface area (Å²) in [6.45, 7) is 5.97. The fraction of sp³-hybridized carbons (Fsp3) is 0.400. The Bertz CT molecular complexity index is 629. The molecule has 0 bridgehead atoms. The average molecular weight is 263 g/mol. The molecule has 0 amide bonds. The van der Waals surface area contributed by atoms with Crippen molar-refractivity contribution in [3.8, 4) is 11.5 Å². The first-order valence-corrected chi connectivity index (χ1v) is 6.30. The number of benzene rings is 1. The molecule has 0 radical (unpaired) electrons. The molecule has 0 aliphatic rings. The van der Waals surface area contributed by atoms with Gasteiger partial charge in [-0.2, -0.15) is 0 Å². The van der Waals surface area contributed by atoms with Crippen LogP contribution in [0.25, 0.3) is 10.8 Å². The maximum absolute atomic E-state index is 12.0. The minimum atomic E-state index is -0.0356. The smallest absolute Gasteiger partial charge is 0.258 e. The zero-order chi connectivity index (χ0) is 14.6. The molecule has 2 rings (SSSR count). The number of nitrogens with zero attached hydrogens (tertiary/aromatic N) is 1. The number of methoxy groups -OCH3 is 2. The summed E-state index contributed by atoms with van der Waals surface area (Å²) in [4.78, 5) is 12.0. The van der Waals surface area contributed by atoms with Crippen molar-refractivity contribution in [2.45, 2.75) is 20.8 Å². The molecule has 2 aromatic rings. The van der Waals surface area contributed by atoms with Gasteiger partial charge in [-0.15, -0.1) is 0 Å². The summed E-state index contributed by atoms with van der Waals surface area (Å²) in [6, 6.07) is 3.56. The Labute approximate surface area is 113 Å². The third-order valence-electron chi connectivity index (χ3n) is 2.89. The predicted molar refractivity (Wildman–Crippen MR) is 78.4 cm³/mol. The highest BCUT2D eigenvalue weighted by Crippen LogP contribution is 2.31. The number of aryl methyl sites for hydroxylation is 2. The highest BCUT2D eigenvalue weighted by atomic mass is 16.5. The van der Waals surface area contributed by atoms with Gasteiger partial charge in [-0.05, 0) is 30.0 Å². The molecule has 0 unspecified atom stereocenters. The summed E-state index contributed by atoms with van der Waals surface area (Å²) in [5.74, 6) is 1.21. The lowest BCUT2D eigenvalue weighted by Gasteiger charge is -2.11. The molecule has 19 heavy (non-hydrogen) atoms. The number of hydrogen-bond donors (Lipinski definition) is 0. The van der Waals surface area contributed by atoms with Crippen molar-refractivity contribution in [2.75, 3.05) is 14.2 Å². The molecule has 0 aliphatic heterocycles. The molecule has 0 aliphatic carbocycles. The Morgan fingerprint density at radius 3 is 1.95 bits per heavy atom. The molecule has 0 atom stereocenters. The van der Waals surface area contributed by atoms with Gasteiger partial charge in [-0.3, -0.25) is 4.79 Å². The monoisotopic (exact) mass is 263 g/mol. The summed E-state index contributed by atoms with van der Waals surface area (Å²) in [7, 11) is 4.88. The number of ether oxygens (including phenoxy) is 2. The maximum Gasteiger partial charge on any atom is 0.258 e. The molecule has 104 valence electrons. The van der Waals surface area contributed by atoms with E-state index < -0.39 is 0 Å². The first kappa shape index (κ1) is 15.1. The molecule has 1 aromatic carbocycles. The van der Waals surface area contributed by atoms with Crippen LogP contribution in [0.3, 0.4) is 0 Å². The van der Waals surface area contributed by atoms with Crippen LogP contribution in [0.5, 0.6) is 11.5 Å². The second-order valence-corrected chi connectivity index (χ2v) is 3.98. The molecular formula is C15H21NO3. The Balaban J connectivity index is 0.000000861. The van der Waals surface area contributed by atoms with Gasteiger partial charge in [0.25, 0.3) is 5.56 Å². The van der Waals surface area contributed by atoms with E-state index in [1.807, 2.05) is 33.0 Å². The lowest BCUT2D eigenvalue weighted by Crippen LogP contribution is -2.16. The Hall–Kier alpha value is -1.97. The second-order valence-electron chi connectivity index (χ2n) is 3.98. The van der Waals surface area contributed by atoms with Crippen molar-refractivity contribution >= 4 is 10.8 Å². The number of aromatic nitrogens is 1. The van der Waals surface area contributed by atoms with Crippen LogP contribution < -0.4 is 15.0 Å². The van der Waals surface area contributed by atoms with Gasteiger partial charge in [0.2, 0.25) is 0 Å². The van der Waals surface area contributed by atoms with Gasteiger partial charge in [0.1, 0.15) is 0 Å². The van der Waals surface area contributed by atoms with Gasteiger partial charge in [-0.1, -0.05) is 13.8 Å². The van der Waals surface area contributed by atoms with Gasteiger partial charge < -0.3 is 14.0 Å². The average Bonchev–Trinajstić information content (AvgIpc) is 2.45. The topological polar surface area (TPSA) is 40.5 Å². The quantitative estimate of drug-likeness (QED) is 0.836. The van der Waals surface area contributed by atoms with E-state index in [4.69, 9.17) is 9.47 Å². The summed E-state index contributed by atoms with van der Waals surface area (Å²) in [5, 5.41) is 1.54. The molecule has 4 heteroatoms. The van der Waals surface area contributed by atoms with Crippen molar-refractivity contribution in [3.05, 3.63) is 34.2 Å². The molecule has 1 heterocycles. The van der Waals surface area contributed by atoms with Crippen LogP contribution in [0, 0.1) is 6.92 Å². The molecule has 1 aromatic heterocycles. The van der Waals surface area contributed by atoms with Crippen LogP contribution >= 0.6 is 0 Å². The maximum atomic E-state index is 12.0. The Morgan fingerprint density at radius 2 is 1.47 bits per heavy atom. The first-order chi connectivity index (χ1) is 9.08. The van der Waals surface area contributed by atoms with E-state index in [1.165, 1.54) is 0 Å². The van der Waals surface area contributed by atoms with Crippen LogP contribution in [0.2, 0.25) is 0 Å². The van der Waals surface area contributed by atoms with Crippen molar-refractivity contribution in [3.63, 3.8) is 0 Å².